The second kappa shape index (κ2) is 11.7. The van der Waals surface area contributed by atoms with Crippen LogP contribution in [-0.4, -0.2) is 28.1 Å². The third-order valence-corrected chi connectivity index (χ3v) is 14.5. The molecule has 6 aliphatic rings. The van der Waals surface area contributed by atoms with E-state index < -0.39 is 23.1 Å². The largest absolute Gasteiger partial charge is 0.288 e. The van der Waals surface area contributed by atoms with Gasteiger partial charge in [0.25, 0.3) is 0 Å². The molecule has 274 valence electrons. The molecule has 4 aromatic rings. The number of carbonyl (C=O) groups excluding carboxylic acids is 4. The van der Waals surface area contributed by atoms with Gasteiger partial charge in [-0.05, 0) is 75.9 Å². The van der Waals surface area contributed by atoms with E-state index in [1.165, 1.54) is 40.7 Å². The normalized spacial score (nSPS) is 21.5. The minimum atomic E-state index is -0.557. The summed E-state index contributed by atoms with van der Waals surface area (Å²) in [4.78, 5) is 61.4. The summed E-state index contributed by atoms with van der Waals surface area (Å²) in [5.41, 5.74) is 6.36. The van der Waals surface area contributed by atoms with Gasteiger partial charge in [-0.2, -0.15) is 21.0 Å². The molecule has 0 bridgehead atoms. The molecule has 3 heterocycles. The number of allylic oxidation sites excluding steroid dienone is 10. The van der Waals surface area contributed by atoms with Crippen molar-refractivity contribution in [2.24, 2.45) is 11.8 Å². The minimum absolute atomic E-state index is 0.0250. The molecule has 6 aliphatic carbocycles. The van der Waals surface area contributed by atoms with Gasteiger partial charge in [0.15, 0.2) is 23.0 Å². The van der Waals surface area contributed by atoms with Crippen LogP contribution in [0.25, 0.3) is 23.3 Å². The molecule has 2 unspecified atom stereocenters. The van der Waals surface area contributed by atoms with Gasteiger partial charge in [-0.3, -0.25) is 19.2 Å². The summed E-state index contributed by atoms with van der Waals surface area (Å²) < 4.78 is 0. The molecule has 1 aromatic carbocycles. The number of carbonyl (C=O) groups is 4. The maximum atomic E-state index is 13.4. The Morgan fingerprint density at radius 2 is 1.00 bits per heavy atom. The van der Waals surface area contributed by atoms with Gasteiger partial charge in [0, 0.05) is 53.3 Å². The zero-order valence-electron chi connectivity index (χ0n) is 31.2. The Kier molecular flexibility index (Phi) is 7.11. The number of hydrogen-bond donors (Lipinski definition) is 0. The Morgan fingerprint density at radius 3 is 1.45 bits per heavy atom. The molecule has 0 saturated heterocycles. The Morgan fingerprint density at radius 1 is 0.569 bits per heavy atom. The molecule has 0 radical (unpaired) electrons. The highest BCUT2D eigenvalue weighted by Crippen LogP contribution is 2.60. The maximum absolute atomic E-state index is 13.4. The number of fused-ring (bicyclic) bond motifs is 9. The van der Waals surface area contributed by atoms with Crippen LogP contribution in [0.15, 0.2) is 76.9 Å². The summed E-state index contributed by atoms with van der Waals surface area (Å²) in [7, 11) is 0. The Balaban J connectivity index is 0.972. The molecule has 58 heavy (non-hydrogen) atoms. The number of nitriles is 4. The highest BCUT2D eigenvalue weighted by atomic mass is 32.1. The second-order valence-corrected chi connectivity index (χ2v) is 18.3. The predicted octanol–water partition coefficient (Wildman–Crippen LogP) is 8.78. The molecule has 0 fully saturated rings. The molecular formula is C47H25N5O4S2. The second-order valence-electron chi connectivity index (χ2n) is 16.1. The fourth-order valence-corrected chi connectivity index (χ4v) is 11.8. The first kappa shape index (κ1) is 35.3. The average molecular weight is 788 g/mol. The number of hydrogen-bond acceptors (Lipinski definition) is 11. The molecule has 11 heteroatoms. The van der Waals surface area contributed by atoms with Crippen LogP contribution in [-0.2, 0) is 10.8 Å². The van der Waals surface area contributed by atoms with Crippen molar-refractivity contribution in [3.05, 3.63) is 152 Å². The van der Waals surface area contributed by atoms with Crippen molar-refractivity contribution in [3.8, 4) is 24.3 Å². The molecule has 0 amide bonds. The topological polar surface area (TPSA) is 176 Å². The quantitative estimate of drug-likeness (QED) is 0.142. The number of thiophene rings is 2. The van der Waals surface area contributed by atoms with Gasteiger partial charge in [-0.15, -0.1) is 22.7 Å². The number of ketones is 4. The zero-order valence-corrected chi connectivity index (χ0v) is 32.8. The van der Waals surface area contributed by atoms with E-state index in [-0.39, 0.29) is 78.6 Å². The van der Waals surface area contributed by atoms with Crippen LogP contribution < -0.4 is 0 Å². The Hall–Kier alpha value is -7.15. The van der Waals surface area contributed by atoms with Crippen LogP contribution in [0, 0.1) is 57.2 Å². The van der Waals surface area contributed by atoms with Crippen LogP contribution in [0.1, 0.15) is 122 Å². The van der Waals surface area contributed by atoms with E-state index in [4.69, 9.17) is 0 Å². The van der Waals surface area contributed by atoms with Crippen molar-refractivity contribution in [2.75, 3.05) is 0 Å². The highest BCUT2D eigenvalue weighted by molar-refractivity contribution is 7.15. The van der Waals surface area contributed by atoms with Crippen molar-refractivity contribution < 1.29 is 19.2 Å². The van der Waals surface area contributed by atoms with E-state index in [0.717, 1.165) is 41.8 Å². The van der Waals surface area contributed by atoms with Gasteiger partial charge in [0.1, 0.15) is 30.0 Å². The first-order valence-electron chi connectivity index (χ1n) is 18.3. The molecule has 3 aromatic heterocycles. The molecule has 10 rings (SSSR count). The molecule has 0 spiro atoms. The standard InChI is InChI=1S/C47H25N5O4S2/c1-46(2)34-10-21-6-30-35(47(3,4)37-15-26(58-45(30)37)13-33-42(55)31-9-24(18-50)38(19-51)52-39(31)43(33)56)11-20(21)5-29(34)44-36(46)14-25(57-44)12-32-40(53)27-7-22(16-48)23(17-49)8-28(27)41(32)54/h5-15,20-21H,1-4H3/b33-13+. The first-order chi connectivity index (χ1) is 27.7. The first-order valence-corrected chi connectivity index (χ1v) is 20.0. The average Bonchev–Trinajstić information content (AvgIpc) is 4.02. The number of aromatic nitrogens is 1. The number of nitrogens with zero attached hydrogens (tertiary/aromatic N) is 5. The van der Waals surface area contributed by atoms with E-state index >= 15 is 0 Å². The van der Waals surface area contributed by atoms with Crippen LogP contribution in [0.3, 0.4) is 0 Å². The summed E-state index contributed by atoms with van der Waals surface area (Å²) in [6.45, 7) is 8.73. The summed E-state index contributed by atoms with van der Waals surface area (Å²) in [6, 6.07) is 15.7. The third kappa shape index (κ3) is 4.55. The molecule has 9 nitrogen and oxygen atoms in total. The predicted molar refractivity (Wildman–Crippen MR) is 217 cm³/mol. The lowest BCUT2D eigenvalue weighted by atomic mass is 9.70. The van der Waals surface area contributed by atoms with Crippen molar-refractivity contribution in [3.63, 3.8) is 0 Å². The highest BCUT2D eigenvalue weighted by Gasteiger charge is 2.47. The molecular weight excluding hydrogens is 763 g/mol. The van der Waals surface area contributed by atoms with Gasteiger partial charge in [-0.1, -0.05) is 52.0 Å². The van der Waals surface area contributed by atoms with Gasteiger partial charge < -0.3 is 0 Å². The van der Waals surface area contributed by atoms with Crippen LogP contribution >= 0.6 is 22.7 Å². The van der Waals surface area contributed by atoms with E-state index in [2.05, 4.69) is 63.0 Å². The van der Waals surface area contributed by atoms with Crippen LogP contribution in [0.2, 0.25) is 0 Å². The van der Waals surface area contributed by atoms with Gasteiger partial charge in [0.2, 0.25) is 5.78 Å². The smallest absolute Gasteiger partial charge is 0.216 e. The minimum Gasteiger partial charge on any atom is -0.288 e. The van der Waals surface area contributed by atoms with Crippen molar-refractivity contribution in [2.45, 2.75) is 38.5 Å². The number of pyridine rings is 1. The lowest BCUT2D eigenvalue weighted by molar-refractivity contribution is 0.0974. The number of benzene rings is 1. The molecule has 2 atom stereocenters. The van der Waals surface area contributed by atoms with E-state index in [1.807, 2.05) is 30.3 Å². The fraction of sp³-hybridized carbons (Fsp3) is 0.170. The summed E-state index contributed by atoms with van der Waals surface area (Å²) in [6.07, 6.45) is 12.6. The molecule has 0 N–H and O–H groups in total. The summed E-state index contributed by atoms with van der Waals surface area (Å²) >= 11 is 3.07. The maximum Gasteiger partial charge on any atom is 0.216 e. The lowest BCUT2D eigenvalue weighted by Crippen LogP contribution is -2.24. The third-order valence-electron chi connectivity index (χ3n) is 12.3. The van der Waals surface area contributed by atoms with Gasteiger partial charge in [-0.25, -0.2) is 4.98 Å². The molecule has 0 aliphatic heterocycles. The monoisotopic (exact) mass is 787 g/mol. The van der Waals surface area contributed by atoms with Crippen LogP contribution in [0.4, 0.5) is 0 Å². The van der Waals surface area contributed by atoms with Crippen LogP contribution in [0.5, 0.6) is 0 Å². The SMILES string of the molecule is CC1(C)C2=CC3C=C4C(=CC3C=C2c2sc(C=C3C(=O)c5cc(C#N)c(C#N)cc5C3=O)cc21)C(C)(C)c1cc(/C=C2\C(=O)c3cc(C#N)c(C#N)nc3C2=O)sc14. The fourth-order valence-electron chi connectivity index (χ4n) is 9.24. The molecule has 0 saturated carbocycles. The lowest BCUT2D eigenvalue weighted by Gasteiger charge is -2.33. The van der Waals surface area contributed by atoms with Gasteiger partial charge >= 0.3 is 0 Å². The Labute approximate surface area is 339 Å². The van der Waals surface area contributed by atoms with E-state index in [0.29, 0.717) is 0 Å². The zero-order chi connectivity index (χ0) is 40.7. The number of Topliss-reactive ketones (excluding diaryl/α,β-unsaturated/α-hetero) is 4. The summed E-state index contributed by atoms with van der Waals surface area (Å²) in [5.74, 6) is -1.79. The van der Waals surface area contributed by atoms with Crippen molar-refractivity contribution in [1.29, 1.82) is 21.0 Å². The van der Waals surface area contributed by atoms with E-state index in [9.17, 15) is 40.2 Å². The van der Waals surface area contributed by atoms with Crippen molar-refractivity contribution >= 4 is 69.1 Å². The number of rotatable bonds is 2. The Bertz CT molecular complexity index is 2870. The van der Waals surface area contributed by atoms with Gasteiger partial charge in [0.05, 0.1) is 33.4 Å². The van der Waals surface area contributed by atoms with E-state index in [1.54, 1.807) is 23.5 Å². The van der Waals surface area contributed by atoms with Crippen molar-refractivity contribution in [1.82, 2.24) is 4.98 Å². The summed E-state index contributed by atoms with van der Waals surface area (Å²) in [5, 5.41) is 37.8.